The predicted molar refractivity (Wildman–Crippen MR) is 95.6 cm³/mol. The molecule has 1 aliphatic rings. The zero-order chi connectivity index (χ0) is 17.5. The number of nitrogens with zero attached hydrogens (tertiary/aromatic N) is 2. The summed E-state index contributed by atoms with van der Waals surface area (Å²) in [6, 6.07) is 11.5. The van der Waals surface area contributed by atoms with Crippen LogP contribution in [0.2, 0.25) is 0 Å². The highest BCUT2D eigenvalue weighted by molar-refractivity contribution is 5.98. The van der Waals surface area contributed by atoms with Gasteiger partial charge in [-0.05, 0) is 23.3 Å². The first-order valence-electron chi connectivity index (χ1n) is 8.41. The normalized spacial score (nSPS) is 14.4. The van der Waals surface area contributed by atoms with E-state index in [4.69, 9.17) is 9.47 Å². The predicted octanol–water partition coefficient (Wildman–Crippen LogP) is 1.99. The van der Waals surface area contributed by atoms with Crippen LogP contribution in [0, 0.1) is 0 Å². The average molecular weight is 341 g/mol. The number of hydrogen-bond acceptors (Lipinski definition) is 5. The van der Waals surface area contributed by atoms with Crippen LogP contribution in [0.25, 0.3) is 0 Å². The van der Waals surface area contributed by atoms with E-state index in [1.807, 2.05) is 30.3 Å². The van der Waals surface area contributed by atoms with E-state index >= 15 is 0 Å². The first-order chi connectivity index (χ1) is 12.3. The second-order valence-electron chi connectivity index (χ2n) is 5.86. The zero-order valence-electron chi connectivity index (χ0n) is 14.4. The molecule has 0 atom stereocenters. The fourth-order valence-electron chi connectivity index (χ4n) is 2.90. The summed E-state index contributed by atoms with van der Waals surface area (Å²) in [4.78, 5) is 19.2. The van der Waals surface area contributed by atoms with Crippen LogP contribution in [0.3, 0.4) is 0 Å². The average Bonchev–Trinajstić information content (AvgIpc) is 2.68. The maximum Gasteiger partial charge on any atom is 0.255 e. The molecule has 1 saturated heterocycles. The second-order valence-corrected chi connectivity index (χ2v) is 5.86. The van der Waals surface area contributed by atoms with E-state index in [0.29, 0.717) is 37.7 Å². The minimum absolute atomic E-state index is 0.123. The fraction of sp³-hybridized carbons (Fsp3) is 0.368. The highest BCUT2D eigenvalue weighted by Crippen LogP contribution is 2.19. The standard InChI is InChI=1S/C19H23N3O3/c1-24-14-16-6-3-2-5-15(16)13-21-19(23)17-7-4-8-20-18(17)22-9-11-25-12-10-22/h2-8H,9-14H2,1H3,(H,21,23). The van der Waals surface area contributed by atoms with Gasteiger partial charge >= 0.3 is 0 Å². The topological polar surface area (TPSA) is 63.7 Å². The number of benzene rings is 1. The lowest BCUT2D eigenvalue weighted by molar-refractivity contribution is 0.0948. The Morgan fingerprint density at radius 3 is 2.72 bits per heavy atom. The molecule has 1 N–H and O–H groups in total. The Bertz CT molecular complexity index is 715. The van der Waals surface area contributed by atoms with Gasteiger partial charge < -0.3 is 19.7 Å². The Labute approximate surface area is 147 Å². The maximum absolute atomic E-state index is 12.7. The molecule has 1 fully saturated rings. The summed E-state index contributed by atoms with van der Waals surface area (Å²) in [5.74, 6) is 0.593. The molecule has 6 nitrogen and oxygen atoms in total. The third kappa shape index (κ3) is 4.35. The molecule has 25 heavy (non-hydrogen) atoms. The molecule has 1 aromatic heterocycles. The number of amides is 1. The molecule has 2 heterocycles. The minimum Gasteiger partial charge on any atom is -0.380 e. The molecule has 3 rings (SSSR count). The zero-order valence-corrected chi connectivity index (χ0v) is 14.4. The van der Waals surface area contributed by atoms with Crippen LogP contribution >= 0.6 is 0 Å². The molecule has 0 saturated carbocycles. The number of methoxy groups -OCH3 is 1. The molecule has 0 bridgehead atoms. The molecular formula is C19H23N3O3. The molecule has 2 aromatic rings. The lowest BCUT2D eigenvalue weighted by Crippen LogP contribution is -2.38. The lowest BCUT2D eigenvalue weighted by atomic mass is 10.1. The van der Waals surface area contributed by atoms with Crippen molar-refractivity contribution >= 4 is 11.7 Å². The first-order valence-corrected chi connectivity index (χ1v) is 8.41. The van der Waals surface area contributed by atoms with Gasteiger partial charge in [0.15, 0.2) is 0 Å². The van der Waals surface area contributed by atoms with Gasteiger partial charge in [0.25, 0.3) is 5.91 Å². The van der Waals surface area contributed by atoms with Gasteiger partial charge in [-0.3, -0.25) is 4.79 Å². The van der Waals surface area contributed by atoms with Crippen molar-refractivity contribution in [2.24, 2.45) is 0 Å². The van der Waals surface area contributed by atoms with Crippen molar-refractivity contribution in [2.45, 2.75) is 13.2 Å². The van der Waals surface area contributed by atoms with Crippen molar-refractivity contribution < 1.29 is 14.3 Å². The number of pyridine rings is 1. The number of hydrogen-bond donors (Lipinski definition) is 1. The quantitative estimate of drug-likeness (QED) is 0.871. The van der Waals surface area contributed by atoms with E-state index < -0.39 is 0 Å². The summed E-state index contributed by atoms with van der Waals surface area (Å²) in [6.07, 6.45) is 1.72. The van der Waals surface area contributed by atoms with Crippen molar-refractivity contribution in [3.05, 3.63) is 59.3 Å². The van der Waals surface area contributed by atoms with E-state index in [2.05, 4.69) is 15.2 Å². The molecule has 0 aliphatic carbocycles. The summed E-state index contributed by atoms with van der Waals surface area (Å²) >= 11 is 0. The number of morpholine rings is 1. The van der Waals surface area contributed by atoms with Gasteiger partial charge in [-0.25, -0.2) is 4.98 Å². The van der Waals surface area contributed by atoms with Gasteiger partial charge in [0.1, 0.15) is 5.82 Å². The van der Waals surface area contributed by atoms with Crippen LogP contribution in [-0.4, -0.2) is 44.3 Å². The van der Waals surface area contributed by atoms with Crippen molar-refractivity contribution in [3.63, 3.8) is 0 Å². The number of ether oxygens (including phenoxy) is 2. The second kappa shape index (κ2) is 8.60. The molecule has 6 heteroatoms. The molecule has 1 aromatic carbocycles. The Hall–Kier alpha value is -2.44. The maximum atomic E-state index is 12.7. The Balaban J connectivity index is 1.72. The van der Waals surface area contributed by atoms with Crippen molar-refractivity contribution in [1.82, 2.24) is 10.3 Å². The first kappa shape index (κ1) is 17.4. The van der Waals surface area contributed by atoms with Crippen LogP contribution in [0.5, 0.6) is 0 Å². The largest absolute Gasteiger partial charge is 0.380 e. The molecule has 132 valence electrons. The number of carbonyl (C=O) groups excluding carboxylic acids is 1. The highest BCUT2D eigenvalue weighted by Gasteiger charge is 2.19. The summed E-state index contributed by atoms with van der Waals surface area (Å²) < 4.78 is 10.6. The van der Waals surface area contributed by atoms with Gasteiger partial charge in [0.2, 0.25) is 0 Å². The Kier molecular flexibility index (Phi) is 5.98. The summed E-state index contributed by atoms with van der Waals surface area (Å²) in [7, 11) is 1.67. The Morgan fingerprint density at radius 2 is 1.96 bits per heavy atom. The van der Waals surface area contributed by atoms with E-state index in [0.717, 1.165) is 24.2 Å². The van der Waals surface area contributed by atoms with Crippen LogP contribution in [0.1, 0.15) is 21.5 Å². The van der Waals surface area contributed by atoms with Crippen LogP contribution in [0.4, 0.5) is 5.82 Å². The monoisotopic (exact) mass is 341 g/mol. The SMILES string of the molecule is COCc1ccccc1CNC(=O)c1cccnc1N1CCOCC1. The van der Waals surface area contributed by atoms with Gasteiger partial charge in [0, 0.05) is 32.9 Å². The number of rotatable bonds is 6. The molecule has 0 spiro atoms. The third-order valence-corrected chi connectivity index (χ3v) is 4.20. The smallest absolute Gasteiger partial charge is 0.255 e. The summed E-state index contributed by atoms with van der Waals surface area (Å²) in [6.45, 7) is 3.78. The van der Waals surface area contributed by atoms with Gasteiger partial charge in [-0.15, -0.1) is 0 Å². The number of aromatic nitrogens is 1. The van der Waals surface area contributed by atoms with Gasteiger partial charge in [-0.2, -0.15) is 0 Å². The minimum atomic E-state index is -0.123. The molecular weight excluding hydrogens is 318 g/mol. The molecule has 0 radical (unpaired) electrons. The van der Waals surface area contributed by atoms with E-state index in [1.165, 1.54) is 0 Å². The third-order valence-electron chi connectivity index (χ3n) is 4.20. The van der Waals surface area contributed by atoms with Crippen molar-refractivity contribution in [1.29, 1.82) is 0 Å². The van der Waals surface area contributed by atoms with E-state index in [1.54, 1.807) is 19.4 Å². The lowest BCUT2D eigenvalue weighted by Gasteiger charge is -2.29. The van der Waals surface area contributed by atoms with Crippen molar-refractivity contribution in [3.8, 4) is 0 Å². The summed E-state index contributed by atoms with van der Waals surface area (Å²) in [5.41, 5.74) is 2.72. The van der Waals surface area contributed by atoms with Crippen LogP contribution < -0.4 is 10.2 Å². The Morgan fingerprint density at radius 1 is 1.20 bits per heavy atom. The van der Waals surface area contributed by atoms with Gasteiger partial charge in [-0.1, -0.05) is 24.3 Å². The van der Waals surface area contributed by atoms with Gasteiger partial charge in [0.05, 0.1) is 25.4 Å². The molecule has 1 amide bonds. The number of nitrogens with one attached hydrogen (secondary N) is 1. The van der Waals surface area contributed by atoms with Crippen LogP contribution in [-0.2, 0) is 22.6 Å². The molecule has 1 aliphatic heterocycles. The van der Waals surface area contributed by atoms with E-state index in [-0.39, 0.29) is 5.91 Å². The number of anilines is 1. The van der Waals surface area contributed by atoms with Crippen LogP contribution in [0.15, 0.2) is 42.6 Å². The molecule has 0 unspecified atom stereocenters. The highest BCUT2D eigenvalue weighted by atomic mass is 16.5. The number of carbonyl (C=O) groups is 1. The fourth-order valence-corrected chi connectivity index (χ4v) is 2.90. The summed E-state index contributed by atoms with van der Waals surface area (Å²) in [5, 5.41) is 3.00. The van der Waals surface area contributed by atoms with Crippen molar-refractivity contribution in [2.75, 3.05) is 38.3 Å². The van der Waals surface area contributed by atoms with E-state index in [9.17, 15) is 4.79 Å².